The average Bonchev–Trinajstić information content (AvgIpc) is 2.39. The topological polar surface area (TPSA) is 47.0 Å². The van der Waals surface area contributed by atoms with E-state index in [4.69, 9.17) is 4.74 Å². The van der Waals surface area contributed by atoms with Crippen LogP contribution in [0.2, 0.25) is 0 Å². The Morgan fingerprint density at radius 1 is 1.28 bits per heavy atom. The molecule has 0 bridgehead atoms. The summed E-state index contributed by atoms with van der Waals surface area (Å²) in [5.41, 5.74) is 0.948. The predicted octanol–water partition coefficient (Wildman–Crippen LogP) is 2.28. The Morgan fingerprint density at radius 2 is 2.17 bits per heavy atom. The Bertz CT molecular complexity index is 519. The maximum absolute atomic E-state index is 13.0. The molecule has 0 fully saturated rings. The fourth-order valence-electron chi connectivity index (χ4n) is 1.58. The van der Waals surface area contributed by atoms with E-state index in [0.29, 0.717) is 18.2 Å². The van der Waals surface area contributed by atoms with Gasteiger partial charge in [-0.1, -0.05) is 12.1 Å². The minimum Gasteiger partial charge on any atom is -0.481 e. The summed E-state index contributed by atoms with van der Waals surface area (Å²) in [5, 5.41) is 3.13. The zero-order chi connectivity index (χ0) is 12.8. The van der Waals surface area contributed by atoms with Crippen molar-refractivity contribution in [2.24, 2.45) is 0 Å². The first-order valence-electron chi connectivity index (χ1n) is 5.62. The number of nitrogens with one attached hydrogen (secondary N) is 1. The fourth-order valence-corrected chi connectivity index (χ4v) is 1.58. The van der Waals surface area contributed by atoms with Crippen LogP contribution in [-0.2, 0) is 6.42 Å². The molecular formula is C13H14FN3O. The zero-order valence-electron chi connectivity index (χ0n) is 10.1. The van der Waals surface area contributed by atoms with Crippen LogP contribution in [0.5, 0.6) is 5.88 Å². The number of anilines is 1. The van der Waals surface area contributed by atoms with Crippen molar-refractivity contribution in [1.82, 2.24) is 9.97 Å². The third-order valence-corrected chi connectivity index (χ3v) is 2.46. The maximum atomic E-state index is 13.0. The van der Waals surface area contributed by atoms with E-state index in [1.165, 1.54) is 18.5 Å². The molecule has 1 heterocycles. The van der Waals surface area contributed by atoms with Crippen molar-refractivity contribution in [1.29, 1.82) is 0 Å². The highest BCUT2D eigenvalue weighted by molar-refractivity contribution is 5.37. The summed E-state index contributed by atoms with van der Waals surface area (Å²) < 4.78 is 18.0. The molecule has 94 valence electrons. The molecule has 0 amide bonds. The van der Waals surface area contributed by atoms with Gasteiger partial charge in [-0.25, -0.2) is 14.4 Å². The van der Waals surface area contributed by atoms with Crippen LogP contribution in [0.4, 0.5) is 10.2 Å². The van der Waals surface area contributed by atoms with Gasteiger partial charge in [0.25, 0.3) is 0 Å². The van der Waals surface area contributed by atoms with Gasteiger partial charge in [0.05, 0.1) is 7.11 Å². The van der Waals surface area contributed by atoms with Gasteiger partial charge in [-0.2, -0.15) is 0 Å². The van der Waals surface area contributed by atoms with Gasteiger partial charge in [-0.05, 0) is 24.1 Å². The minimum absolute atomic E-state index is 0.212. The monoisotopic (exact) mass is 247 g/mol. The van der Waals surface area contributed by atoms with Crippen LogP contribution in [-0.4, -0.2) is 23.6 Å². The summed E-state index contributed by atoms with van der Waals surface area (Å²) in [4.78, 5) is 7.97. The van der Waals surface area contributed by atoms with Gasteiger partial charge < -0.3 is 10.1 Å². The third-order valence-electron chi connectivity index (χ3n) is 2.46. The number of rotatable bonds is 5. The molecule has 4 nitrogen and oxygen atoms in total. The third kappa shape index (κ3) is 3.41. The van der Waals surface area contributed by atoms with Crippen molar-refractivity contribution >= 4 is 5.82 Å². The van der Waals surface area contributed by atoms with E-state index in [0.717, 1.165) is 12.0 Å². The van der Waals surface area contributed by atoms with Gasteiger partial charge in [-0.15, -0.1) is 0 Å². The molecule has 0 aliphatic carbocycles. The number of nitrogens with zero attached hydrogens (tertiary/aromatic N) is 2. The Hall–Kier alpha value is -2.17. The first-order valence-corrected chi connectivity index (χ1v) is 5.62. The lowest BCUT2D eigenvalue weighted by Gasteiger charge is -2.06. The molecule has 1 aromatic heterocycles. The zero-order valence-corrected chi connectivity index (χ0v) is 10.1. The summed E-state index contributed by atoms with van der Waals surface area (Å²) in [6.07, 6.45) is 2.16. The minimum atomic E-state index is -0.212. The Balaban J connectivity index is 1.88. The van der Waals surface area contributed by atoms with E-state index in [2.05, 4.69) is 15.3 Å². The second-order valence-corrected chi connectivity index (χ2v) is 3.75. The van der Waals surface area contributed by atoms with Crippen molar-refractivity contribution in [3.63, 3.8) is 0 Å². The normalized spacial score (nSPS) is 10.1. The van der Waals surface area contributed by atoms with E-state index in [1.807, 2.05) is 6.07 Å². The first-order chi connectivity index (χ1) is 8.78. The lowest BCUT2D eigenvalue weighted by Crippen LogP contribution is -2.06. The fraction of sp³-hybridized carbons (Fsp3) is 0.231. The van der Waals surface area contributed by atoms with Gasteiger partial charge in [-0.3, -0.25) is 0 Å². The van der Waals surface area contributed by atoms with Gasteiger partial charge in [0.2, 0.25) is 5.88 Å². The summed E-state index contributed by atoms with van der Waals surface area (Å²) in [5.74, 6) is 0.993. The Labute approximate surface area is 105 Å². The van der Waals surface area contributed by atoms with Gasteiger partial charge in [0.1, 0.15) is 18.0 Å². The van der Waals surface area contributed by atoms with Crippen molar-refractivity contribution in [2.45, 2.75) is 6.42 Å². The largest absolute Gasteiger partial charge is 0.481 e. The number of ether oxygens (including phenoxy) is 1. The van der Waals surface area contributed by atoms with Crippen LogP contribution in [0.15, 0.2) is 36.7 Å². The van der Waals surface area contributed by atoms with Gasteiger partial charge in [0.15, 0.2) is 0 Å². The van der Waals surface area contributed by atoms with Crippen LogP contribution in [0.1, 0.15) is 5.56 Å². The number of methoxy groups -OCH3 is 1. The number of halogens is 1. The Kier molecular flexibility index (Phi) is 4.06. The lowest BCUT2D eigenvalue weighted by atomic mass is 10.1. The number of aromatic nitrogens is 2. The second-order valence-electron chi connectivity index (χ2n) is 3.75. The SMILES string of the molecule is COc1cc(NCCc2cccc(F)c2)ncn1. The molecule has 2 rings (SSSR count). The quantitative estimate of drug-likeness (QED) is 0.880. The molecule has 1 N–H and O–H groups in total. The van der Waals surface area contributed by atoms with E-state index in [1.54, 1.807) is 19.2 Å². The second kappa shape index (κ2) is 5.95. The molecule has 0 aliphatic heterocycles. The highest BCUT2D eigenvalue weighted by atomic mass is 19.1. The van der Waals surface area contributed by atoms with Crippen LogP contribution in [0.25, 0.3) is 0 Å². The lowest BCUT2D eigenvalue weighted by molar-refractivity contribution is 0.397. The molecule has 0 saturated heterocycles. The number of benzene rings is 1. The molecular weight excluding hydrogens is 233 g/mol. The summed E-state index contributed by atoms with van der Waals surface area (Å²) >= 11 is 0. The highest BCUT2D eigenvalue weighted by Crippen LogP contribution is 2.10. The van der Waals surface area contributed by atoms with E-state index >= 15 is 0 Å². The summed E-state index contributed by atoms with van der Waals surface area (Å²) in [6, 6.07) is 8.28. The molecule has 0 unspecified atom stereocenters. The smallest absolute Gasteiger partial charge is 0.218 e. The number of hydrogen-bond donors (Lipinski definition) is 1. The van der Waals surface area contributed by atoms with Crippen LogP contribution in [0, 0.1) is 5.82 Å². The Morgan fingerprint density at radius 3 is 2.94 bits per heavy atom. The first kappa shape index (κ1) is 12.3. The van der Waals surface area contributed by atoms with Crippen LogP contribution < -0.4 is 10.1 Å². The summed E-state index contributed by atoms with van der Waals surface area (Å²) in [6.45, 7) is 0.670. The van der Waals surface area contributed by atoms with Crippen molar-refractivity contribution in [3.05, 3.63) is 48.0 Å². The number of hydrogen-bond acceptors (Lipinski definition) is 4. The molecule has 18 heavy (non-hydrogen) atoms. The molecule has 2 aromatic rings. The van der Waals surface area contributed by atoms with E-state index < -0.39 is 0 Å². The predicted molar refractivity (Wildman–Crippen MR) is 67.2 cm³/mol. The summed E-state index contributed by atoms with van der Waals surface area (Å²) in [7, 11) is 1.55. The van der Waals surface area contributed by atoms with Crippen LogP contribution in [0.3, 0.4) is 0 Å². The van der Waals surface area contributed by atoms with Crippen molar-refractivity contribution < 1.29 is 9.13 Å². The van der Waals surface area contributed by atoms with E-state index in [-0.39, 0.29) is 5.82 Å². The molecule has 0 aliphatic rings. The van der Waals surface area contributed by atoms with Crippen LogP contribution >= 0.6 is 0 Å². The van der Waals surface area contributed by atoms with Gasteiger partial charge >= 0.3 is 0 Å². The molecule has 1 aromatic carbocycles. The van der Waals surface area contributed by atoms with E-state index in [9.17, 15) is 4.39 Å². The standard InChI is InChI=1S/C13H14FN3O/c1-18-13-8-12(16-9-17-13)15-6-5-10-3-2-4-11(14)7-10/h2-4,7-9H,5-6H2,1H3,(H,15,16,17). The average molecular weight is 247 g/mol. The van der Waals surface area contributed by atoms with Crippen molar-refractivity contribution in [3.8, 4) is 5.88 Å². The van der Waals surface area contributed by atoms with Crippen molar-refractivity contribution in [2.75, 3.05) is 19.0 Å². The molecule has 0 radical (unpaired) electrons. The molecule has 5 heteroatoms. The van der Waals surface area contributed by atoms with Gasteiger partial charge in [0, 0.05) is 12.6 Å². The highest BCUT2D eigenvalue weighted by Gasteiger charge is 1.99. The molecule has 0 atom stereocenters. The maximum Gasteiger partial charge on any atom is 0.218 e. The molecule has 0 spiro atoms. The molecule has 0 saturated carbocycles.